The average Bonchev–Trinajstić information content (AvgIpc) is 3.30. The molecule has 5 nitrogen and oxygen atoms in total. The number of aromatic nitrogens is 1. The molecule has 2 aliphatic rings. The van der Waals surface area contributed by atoms with Gasteiger partial charge in [0.25, 0.3) is 5.91 Å². The summed E-state index contributed by atoms with van der Waals surface area (Å²) in [6, 6.07) is 11.4. The molecule has 0 spiro atoms. The number of carboxylic acid groups (broad SMARTS) is 1. The van der Waals surface area contributed by atoms with Crippen molar-refractivity contribution >= 4 is 11.9 Å². The van der Waals surface area contributed by atoms with Gasteiger partial charge in [0.1, 0.15) is 6.04 Å². The van der Waals surface area contributed by atoms with Crippen molar-refractivity contribution < 1.29 is 14.7 Å². The van der Waals surface area contributed by atoms with Crippen LogP contribution in [-0.4, -0.2) is 39.0 Å². The van der Waals surface area contributed by atoms with Crippen LogP contribution in [0.5, 0.6) is 0 Å². The lowest BCUT2D eigenvalue weighted by Gasteiger charge is -2.24. The van der Waals surface area contributed by atoms with Gasteiger partial charge in [-0.15, -0.1) is 0 Å². The Kier molecular flexibility index (Phi) is 4.54. The molecule has 2 heterocycles. The van der Waals surface area contributed by atoms with E-state index in [9.17, 15) is 14.7 Å². The number of hydrogen-bond donors (Lipinski definition) is 1. The molecule has 3 atom stereocenters. The molecule has 5 heteroatoms. The fourth-order valence-electron chi connectivity index (χ4n) is 5.01. The largest absolute Gasteiger partial charge is 0.480 e. The second-order valence-corrected chi connectivity index (χ2v) is 7.95. The normalized spacial score (nSPS) is 24.2. The summed E-state index contributed by atoms with van der Waals surface area (Å²) in [5, 5.41) is 9.75. The minimum Gasteiger partial charge on any atom is -0.480 e. The highest BCUT2D eigenvalue weighted by molar-refractivity contribution is 5.98. The second kappa shape index (κ2) is 6.87. The van der Waals surface area contributed by atoms with Gasteiger partial charge in [-0.1, -0.05) is 36.8 Å². The van der Waals surface area contributed by atoms with E-state index in [0.29, 0.717) is 24.6 Å². The monoisotopic (exact) mass is 366 g/mol. The summed E-state index contributed by atoms with van der Waals surface area (Å²) in [4.78, 5) is 26.8. The van der Waals surface area contributed by atoms with Crippen LogP contribution in [0.3, 0.4) is 0 Å². The van der Waals surface area contributed by atoms with Gasteiger partial charge in [0.15, 0.2) is 0 Å². The van der Waals surface area contributed by atoms with Gasteiger partial charge >= 0.3 is 5.97 Å². The number of likely N-dealkylation sites (tertiary alicyclic amines) is 1. The van der Waals surface area contributed by atoms with Crippen LogP contribution < -0.4 is 0 Å². The zero-order chi connectivity index (χ0) is 19.1. The molecule has 142 valence electrons. The van der Waals surface area contributed by atoms with E-state index in [1.165, 1.54) is 5.56 Å². The summed E-state index contributed by atoms with van der Waals surface area (Å²) in [5.41, 5.74) is 3.74. The van der Waals surface area contributed by atoms with Crippen LogP contribution in [0, 0.1) is 25.7 Å². The molecular formula is C22H26N2O3. The Morgan fingerprint density at radius 1 is 1.15 bits per heavy atom. The molecule has 1 saturated heterocycles. The van der Waals surface area contributed by atoms with E-state index in [-0.39, 0.29) is 11.8 Å². The number of carbonyl (C=O) groups is 2. The number of rotatable bonds is 4. The fraction of sp³-hybridized carbons (Fsp3) is 0.455. The number of carbonyl (C=O) groups excluding carboxylic acids is 1. The average molecular weight is 366 g/mol. The number of aliphatic carboxylic acids is 1. The highest BCUT2D eigenvalue weighted by atomic mass is 16.4. The molecule has 27 heavy (non-hydrogen) atoms. The Hall–Kier alpha value is -2.56. The first kappa shape index (κ1) is 17.8. The molecule has 4 rings (SSSR count). The summed E-state index contributed by atoms with van der Waals surface area (Å²) in [6.45, 7) is 5.23. The Bertz CT molecular complexity index is 871. The summed E-state index contributed by atoms with van der Waals surface area (Å²) in [6.07, 6.45) is 3.02. The van der Waals surface area contributed by atoms with Crippen molar-refractivity contribution in [1.29, 1.82) is 0 Å². The third-order valence-corrected chi connectivity index (χ3v) is 6.39. The highest BCUT2D eigenvalue weighted by Crippen LogP contribution is 2.43. The molecule has 3 unspecified atom stereocenters. The maximum atomic E-state index is 13.3. The molecular weight excluding hydrogens is 340 g/mol. The van der Waals surface area contributed by atoms with E-state index < -0.39 is 12.0 Å². The molecule has 0 bridgehead atoms. The summed E-state index contributed by atoms with van der Waals surface area (Å²) < 4.78 is 2.13. The standard InChI is InChI=1S/C22H26N2O3/c1-14-11-19(15(2)23(14)12-16-7-4-3-5-8-16)21(25)24-13-17-9-6-10-18(17)20(24)22(26)27/h3-5,7-8,11,17-18,20H,6,9-10,12-13H2,1-2H3,(H,26,27). The molecule has 1 aliphatic carbocycles. The van der Waals surface area contributed by atoms with Gasteiger partial charge in [-0.2, -0.15) is 0 Å². The van der Waals surface area contributed by atoms with Crippen LogP contribution in [0.1, 0.15) is 46.6 Å². The van der Waals surface area contributed by atoms with E-state index in [1.54, 1.807) is 4.90 Å². The molecule has 1 amide bonds. The maximum absolute atomic E-state index is 13.3. The number of nitrogens with zero attached hydrogens (tertiary/aromatic N) is 2. The van der Waals surface area contributed by atoms with Crippen molar-refractivity contribution in [3.05, 3.63) is 58.9 Å². The molecule has 1 N–H and O–H groups in total. The van der Waals surface area contributed by atoms with Crippen molar-refractivity contribution in [2.45, 2.75) is 45.7 Å². The predicted molar refractivity (Wildman–Crippen MR) is 103 cm³/mol. The molecule has 1 saturated carbocycles. The molecule has 2 aromatic rings. The molecule has 1 aromatic carbocycles. The first-order chi connectivity index (χ1) is 13.0. The third kappa shape index (κ3) is 3.05. The minimum atomic E-state index is -0.865. The first-order valence-electron chi connectivity index (χ1n) is 9.72. The zero-order valence-electron chi connectivity index (χ0n) is 15.9. The van der Waals surface area contributed by atoms with Gasteiger partial charge in [-0.05, 0) is 50.2 Å². The summed E-state index contributed by atoms with van der Waals surface area (Å²) >= 11 is 0. The van der Waals surface area contributed by atoms with Crippen LogP contribution in [0.15, 0.2) is 36.4 Å². The quantitative estimate of drug-likeness (QED) is 0.901. The number of carboxylic acids is 1. The SMILES string of the molecule is Cc1cc(C(=O)N2CC3CCCC3C2C(=O)O)c(C)n1Cc1ccccc1. The van der Waals surface area contributed by atoms with Gasteiger partial charge in [0.2, 0.25) is 0 Å². The molecule has 1 aromatic heterocycles. The highest BCUT2D eigenvalue weighted by Gasteiger charge is 2.49. The van der Waals surface area contributed by atoms with Gasteiger partial charge in [0, 0.05) is 24.5 Å². The van der Waals surface area contributed by atoms with Crippen LogP contribution in [0.4, 0.5) is 0 Å². The molecule has 1 aliphatic heterocycles. The van der Waals surface area contributed by atoms with Crippen molar-refractivity contribution in [3.63, 3.8) is 0 Å². The lowest BCUT2D eigenvalue weighted by Crippen LogP contribution is -2.43. The van der Waals surface area contributed by atoms with Crippen LogP contribution in [0.25, 0.3) is 0 Å². The Labute approximate surface area is 159 Å². The number of aryl methyl sites for hydroxylation is 1. The van der Waals surface area contributed by atoms with E-state index >= 15 is 0 Å². The number of hydrogen-bond acceptors (Lipinski definition) is 2. The first-order valence-corrected chi connectivity index (χ1v) is 9.72. The zero-order valence-corrected chi connectivity index (χ0v) is 15.9. The Morgan fingerprint density at radius 2 is 1.89 bits per heavy atom. The smallest absolute Gasteiger partial charge is 0.326 e. The van der Waals surface area contributed by atoms with Crippen molar-refractivity contribution in [3.8, 4) is 0 Å². The van der Waals surface area contributed by atoms with Crippen molar-refractivity contribution in [2.24, 2.45) is 11.8 Å². The van der Waals surface area contributed by atoms with Crippen molar-refractivity contribution in [1.82, 2.24) is 9.47 Å². The van der Waals surface area contributed by atoms with Gasteiger partial charge < -0.3 is 14.6 Å². The Morgan fingerprint density at radius 3 is 2.59 bits per heavy atom. The van der Waals surface area contributed by atoms with Crippen molar-refractivity contribution in [2.75, 3.05) is 6.54 Å². The maximum Gasteiger partial charge on any atom is 0.326 e. The fourth-order valence-corrected chi connectivity index (χ4v) is 5.01. The third-order valence-electron chi connectivity index (χ3n) is 6.39. The van der Waals surface area contributed by atoms with Crippen LogP contribution >= 0.6 is 0 Å². The summed E-state index contributed by atoms with van der Waals surface area (Å²) in [7, 11) is 0. The van der Waals surface area contributed by atoms with E-state index in [0.717, 1.165) is 30.7 Å². The summed E-state index contributed by atoms with van der Waals surface area (Å²) in [5.74, 6) is -0.554. The Balaban J connectivity index is 1.63. The van der Waals surface area contributed by atoms with E-state index in [1.807, 2.05) is 38.1 Å². The topological polar surface area (TPSA) is 62.5 Å². The lowest BCUT2D eigenvalue weighted by molar-refractivity contribution is -0.142. The number of amides is 1. The van der Waals surface area contributed by atoms with Crippen LogP contribution in [0.2, 0.25) is 0 Å². The minimum absolute atomic E-state index is 0.110. The second-order valence-electron chi connectivity index (χ2n) is 7.95. The number of benzene rings is 1. The van der Waals surface area contributed by atoms with Crippen LogP contribution in [-0.2, 0) is 11.3 Å². The number of fused-ring (bicyclic) bond motifs is 1. The van der Waals surface area contributed by atoms with Gasteiger partial charge in [-0.25, -0.2) is 4.79 Å². The predicted octanol–water partition coefficient (Wildman–Crippen LogP) is 3.48. The molecule has 2 fully saturated rings. The molecule has 0 radical (unpaired) electrons. The van der Waals surface area contributed by atoms with E-state index in [4.69, 9.17) is 0 Å². The van der Waals surface area contributed by atoms with Gasteiger partial charge in [-0.3, -0.25) is 4.79 Å². The van der Waals surface area contributed by atoms with E-state index in [2.05, 4.69) is 16.7 Å². The lowest BCUT2D eigenvalue weighted by atomic mass is 9.94. The van der Waals surface area contributed by atoms with Gasteiger partial charge in [0.05, 0.1) is 5.56 Å².